The van der Waals surface area contributed by atoms with Crippen molar-refractivity contribution in [2.75, 3.05) is 5.32 Å². The van der Waals surface area contributed by atoms with Crippen molar-refractivity contribution >= 4 is 23.6 Å². The van der Waals surface area contributed by atoms with Gasteiger partial charge in [-0.05, 0) is 48.7 Å². The van der Waals surface area contributed by atoms with Gasteiger partial charge in [-0.3, -0.25) is 14.5 Å². The van der Waals surface area contributed by atoms with Gasteiger partial charge in [0.15, 0.2) is 12.1 Å². The van der Waals surface area contributed by atoms with E-state index in [2.05, 4.69) is 10.6 Å². The van der Waals surface area contributed by atoms with Gasteiger partial charge in [-0.2, -0.15) is 0 Å². The maximum absolute atomic E-state index is 13.3. The molecule has 0 saturated carbocycles. The lowest BCUT2D eigenvalue weighted by Crippen LogP contribution is -2.48. The van der Waals surface area contributed by atoms with Crippen LogP contribution in [-0.4, -0.2) is 34.9 Å². The first-order valence-corrected chi connectivity index (χ1v) is 10.2. The molecule has 7 nitrogen and oxygen atoms in total. The Morgan fingerprint density at radius 2 is 1.77 bits per heavy atom. The first kappa shape index (κ1) is 22.3. The minimum Gasteiger partial charge on any atom is -0.438 e. The van der Waals surface area contributed by atoms with E-state index in [1.165, 1.54) is 24.0 Å². The fourth-order valence-corrected chi connectivity index (χ4v) is 3.39. The van der Waals surface area contributed by atoms with E-state index in [1.807, 2.05) is 13.8 Å². The largest absolute Gasteiger partial charge is 0.438 e. The highest BCUT2D eigenvalue weighted by atomic mass is 19.1. The zero-order chi connectivity index (χ0) is 22.5. The minimum absolute atomic E-state index is 0.0707. The average Bonchev–Trinajstić information content (AvgIpc) is 3.06. The van der Waals surface area contributed by atoms with Crippen LogP contribution in [0.5, 0.6) is 0 Å². The molecule has 8 heteroatoms. The fraction of sp³-hybridized carbons (Fsp3) is 0.348. The summed E-state index contributed by atoms with van der Waals surface area (Å²) in [7, 11) is 0. The smallest absolute Gasteiger partial charge is 0.411 e. The van der Waals surface area contributed by atoms with E-state index in [-0.39, 0.29) is 30.2 Å². The van der Waals surface area contributed by atoms with Crippen molar-refractivity contribution in [1.29, 1.82) is 0 Å². The fourth-order valence-electron chi connectivity index (χ4n) is 3.39. The predicted molar refractivity (Wildman–Crippen MR) is 114 cm³/mol. The Labute approximate surface area is 180 Å². The van der Waals surface area contributed by atoms with Crippen LogP contribution in [0.2, 0.25) is 0 Å². The summed E-state index contributed by atoms with van der Waals surface area (Å²) in [6, 6.07) is 11.6. The highest BCUT2D eigenvalue weighted by Gasteiger charge is 2.47. The number of halogens is 1. The molecule has 2 N–H and O–H groups in total. The summed E-state index contributed by atoms with van der Waals surface area (Å²) in [5.41, 5.74) is 1.92. The van der Waals surface area contributed by atoms with Crippen molar-refractivity contribution in [3.63, 3.8) is 0 Å². The van der Waals surface area contributed by atoms with Crippen LogP contribution >= 0.6 is 0 Å². The second-order valence-electron chi connectivity index (χ2n) is 7.62. The molecular weight excluding hydrogens is 401 g/mol. The van der Waals surface area contributed by atoms with Gasteiger partial charge in [0, 0.05) is 18.7 Å². The van der Waals surface area contributed by atoms with Crippen molar-refractivity contribution in [3.05, 3.63) is 65.5 Å². The number of hydrogen-bond donors (Lipinski definition) is 2. The monoisotopic (exact) mass is 427 g/mol. The summed E-state index contributed by atoms with van der Waals surface area (Å²) in [5, 5.41) is 5.60. The molecule has 0 aromatic heterocycles. The standard InChI is InChI=1S/C23H26FN3O4/c1-4-14(2)25-22(29)20-21(17-7-11-19(12-8-17)26-15(3)28)31-23(30)27(20)13-16-5-9-18(24)10-6-16/h5-12,14,20-21H,4,13H2,1-3H3,(H,25,29)(H,26,28). The van der Waals surface area contributed by atoms with Crippen LogP contribution in [0.4, 0.5) is 14.9 Å². The third-order valence-corrected chi connectivity index (χ3v) is 5.18. The molecule has 2 aromatic rings. The number of rotatable bonds is 7. The second kappa shape index (κ2) is 9.59. The quantitative estimate of drug-likeness (QED) is 0.704. The summed E-state index contributed by atoms with van der Waals surface area (Å²) in [4.78, 5) is 38.4. The van der Waals surface area contributed by atoms with Gasteiger partial charge in [-0.15, -0.1) is 0 Å². The molecule has 2 aromatic carbocycles. The van der Waals surface area contributed by atoms with Crippen LogP contribution in [0, 0.1) is 5.82 Å². The van der Waals surface area contributed by atoms with E-state index >= 15 is 0 Å². The molecule has 1 saturated heterocycles. The number of nitrogens with zero attached hydrogens (tertiary/aromatic N) is 1. The minimum atomic E-state index is -0.891. The number of anilines is 1. The first-order valence-electron chi connectivity index (χ1n) is 10.2. The number of carbonyl (C=O) groups is 3. The van der Waals surface area contributed by atoms with E-state index in [9.17, 15) is 18.8 Å². The number of nitrogens with one attached hydrogen (secondary N) is 2. The van der Waals surface area contributed by atoms with E-state index in [4.69, 9.17) is 4.74 Å². The molecule has 1 fully saturated rings. The van der Waals surface area contributed by atoms with Crippen LogP contribution < -0.4 is 10.6 Å². The molecule has 3 rings (SSSR count). The molecule has 0 bridgehead atoms. The van der Waals surface area contributed by atoms with Crippen LogP contribution in [-0.2, 0) is 20.9 Å². The van der Waals surface area contributed by atoms with Gasteiger partial charge in [0.05, 0.1) is 6.54 Å². The summed E-state index contributed by atoms with van der Waals surface area (Å²) in [6.45, 7) is 5.36. The topological polar surface area (TPSA) is 87.7 Å². The molecule has 1 aliphatic rings. The van der Waals surface area contributed by atoms with Gasteiger partial charge in [-0.1, -0.05) is 31.2 Å². The zero-order valence-corrected chi connectivity index (χ0v) is 17.7. The molecule has 3 atom stereocenters. The van der Waals surface area contributed by atoms with E-state index in [0.29, 0.717) is 16.8 Å². The number of benzene rings is 2. The maximum atomic E-state index is 13.3. The third kappa shape index (κ3) is 5.39. The molecule has 0 spiro atoms. The summed E-state index contributed by atoms with van der Waals surface area (Å²) >= 11 is 0. The van der Waals surface area contributed by atoms with Gasteiger partial charge in [-0.25, -0.2) is 9.18 Å². The third-order valence-electron chi connectivity index (χ3n) is 5.18. The average molecular weight is 427 g/mol. The number of amides is 3. The van der Waals surface area contributed by atoms with Crippen LogP contribution in [0.1, 0.15) is 44.4 Å². The number of cyclic esters (lactones) is 1. The van der Waals surface area contributed by atoms with Crippen molar-refractivity contribution in [2.45, 2.75) is 51.9 Å². The van der Waals surface area contributed by atoms with Crippen molar-refractivity contribution < 1.29 is 23.5 Å². The highest BCUT2D eigenvalue weighted by molar-refractivity contribution is 5.90. The number of carbonyl (C=O) groups excluding carboxylic acids is 3. The van der Waals surface area contributed by atoms with E-state index in [0.717, 1.165) is 6.42 Å². The normalized spacial score (nSPS) is 19.0. The highest BCUT2D eigenvalue weighted by Crippen LogP contribution is 2.34. The number of ether oxygens (including phenoxy) is 1. The summed E-state index contributed by atoms with van der Waals surface area (Å²) in [5.74, 6) is -0.898. The van der Waals surface area contributed by atoms with Gasteiger partial charge in [0.2, 0.25) is 11.8 Å². The van der Waals surface area contributed by atoms with Crippen molar-refractivity contribution in [3.8, 4) is 0 Å². The second-order valence-corrected chi connectivity index (χ2v) is 7.62. The van der Waals surface area contributed by atoms with Crippen LogP contribution in [0.25, 0.3) is 0 Å². The lowest BCUT2D eigenvalue weighted by Gasteiger charge is -2.25. The number of hydrogen-bond acceptors (Lipinski definition) is 4. The Kier molecular flexibility index (Phi) is 6.89. The molecule has 1 aliphatic heterocycles. The van der Waals surface area contributed by atoms with Crippen LogP contribution in [0.15, 0.2) is 48.5 Å². The van der Waals surface area contributed by atoms with Crippen molar-refractivity contribution in [2.24, 2.45) is 0 Å². The molecule has 164 valence electrons. The molecule has 3 amide bonds. The van der Waals surface area contributed by atoms with Crippen LogP contribution in [0.3, 0.4) is 0 Å². The Morgan fingerprint density at radius 3 is 2.35 bits per heavy atom. The Bertz CT molecular complexity index is 946. The molecule has 0 aliphatic carbocycles. The van der Waals surface area contributed by atoms with Gasteiger partial charge < -0.3 is 15.4 Å². The SMILES string of the molecule is CCC(C)NC(=O)C1C(c2ccc(NC(C)=O)cc2)OC(=O)N1Cc1ccc(F)cc1. The van der Waals surface area contributed by atoms with Gasteiger partial charge >= 0.3 is 6.09 Å². The Hall–Kier alpha value is -3.42. The van der Waals surface area contributed by atoms with Gasteiger partial charge in [0.1, 0.15) is 5.82 Å². The maximum Gasteiger partial charge on any atom is 0.411 e. The first-order chi connectivity index (χ1) is 14.8. The molecule has 0 radical (unpaired) electrons. The molecular formula is C23H26FN3O4. The van der Waals surface area contributed by atoms with Crippen molar-refractivity contribution in [1.82, 2.24) is 10.2 Å². The lowest BCUT2D eigenvalue weighted by molar-refractivity contribution is -0.127. The van der Waals surface area contributed by atoms with Gasteiger partial charge in [0.25, 0.3) is 0 Å². The zero-order valence-electron chi connectivity index (χ0n) is 17.7. The lowest BCUT2D eigenvalue weighted by atomic mass is 10.00. The Balaban J connectivity index is 1.89. The Morgan fingerprint density at radius 1 is 1.13 bits per heavy atom. The van der Waals surface area contributed by atoms with E-state index < -0.39 is 18.2 Å². The summed E-state index contributed by atoms with van der Waals surface area (Å²) < 4.78 is 18.9. The predicted octanol–water partition coefficient (Wildman–Crippen LogP) is 3.76. The molecule has 31 heavy (non-hydrogen) atoms. The molecule has 1 heterocycles. The molecule has 3 unspecified atom stereocenters. The summed E-state index contributed by atoms with van der Waals surface area (Å²) in [6.07, 6.45) is -0.700. The van der Waals surface area contributed by atoms with E-state index in [1.54, 1.807) is 36.4 Å².